The van der Waals surface area contributed by atoms with Crippen LogP contribution in [0.15, 0.2) is 54.6 Å². The smallest absolute Gasteiger partial charge is 0.272 e. The lowest BCUT2D eigenvalue weighted by Crippen LogP contribution is -2.23. The summed E-state index contributed by atoms with van der Waals surface area (Å²) < 4.78 is 15.1. The lowest BCUT2D eigenvalue weighted by Gasteiger charge is -2.19. The zero-order valence-corrected chi connectivity index (χ0v) is 16.8. The Bertz CT molecular complexity index is 968. The number of aryl methyl sites for hydroxylation is 1. The highest BCUT2D eigenvalue weighted by atomic mass is 19.1. The van der Waals surface area contributed by atoms with E-state index in [0.29, 0.717) is 17.8 Å². The van der Waals surface area contributed by atoms with Crippen molar-refractivity contribution in [2.45, 2.75) is 46.2 Å². The zero-order chi connectivity index (χ0) is 20.3. The van der Waals surface area contributed by atoms with Crippen molar-refractivity contribution in [3.8, 4) is 11.3 Å². The average molecular weight is 379 g/mol. The molecule has 0 aliphatic rings. The third-order valence-electron chi connectivity index (χ3n) is 4.70. The highest BCUT2D eigenvalue weighted by molar-refractivity contribution is 5.93. The molecule has 0 spiro atoms. The van der Waals surface area contributed by atoms with E-state index in [1.165, 1.54) is 17.7 Å². The van der Waals surface area contributed by atoms with Crippen LogP contribution in [-0.4, -0.2) is 15.7 Å². The number of nitrogens with zero attached hydrogens (tertiary/aromatic N) is 2. The van der Waals surface area contributed by atoms with Crippen LogP contribution < -0.4 is 5.32 Å². The number of hydrogen-bond donors (Lipinski definition) is 1. The fourth-order valence-electron chi connectivity index (χ4n) is 3.06. The van der Waals surface area contributed by atoms with E-state index >= 15 is 0 Å². The normalized spacial score (nSPS) is 11.5. The number of hydrogen-bond acceptors (Lipinski definition) is 2. The third kappa shape index (κ3) is 4.47. The Kier molecular flexibility index (Phi) is 5.63. The first-order chi connectivity index (χ1) is 13.3. The van der Waals surface area contributed by atoms with Gasteiger partial charge in [0, 0.05) is 13.1 Å². The van der Waals surface area contributed by atoms with Crippen LogP contribution in [0.25, 0.3) is 11.3 Å². The molecule has 0 bridgehead atoms. The van der Waals surface area contributed by atoms with Crippen molar-refractivity contribution < 1.29 is 9.18 Å². The minimum Gasteiger partial charge on any atom is -0.347 e. The van der Waals surface area contributed by atoms with E-state index in [9.17, 15) is 9.18 Å². The molecule has 1 amide bonds. The summed E-state index contributed by atoms with van der Waals surface area (Å²) in [5.74, 6) is -0.591. The summed E-state index contributed by atoms with van der Waals surface area (Å²) in [6.07, 6.45) is 0. The van der Waals surface area contributed by atoms with Gasteiger partial charge >= 0.3 is 0 Å². The molecule has 0 saturated heterocycles. The van der Waals surface area contributed by atoms with Gasteiger partial charge in [0.25, 0.3) is 5.91 Å². The molecule has 5 heteroatoms. The van der Waals surface area contributed by atoms with Crippen molar-refractivity contribution in [2.24, 2.45) is 0 Å². The second kappa shape index (κ2) is 7.97. The Hall–Kier alpha value is -2.95. The van der Waals surface area contributed by atoms with Crippen LogP contribution in [0.5, 0.6) is 0 Å². The van der Waals surface area contributed by atoms with Gasteiger partial charge in [-0.3, -0.25) is 9.48 Å². The van der Waals surface area contributed by atoms with Gasteiger partial charge in [-0.1, -0.05) is 57.2 Å². The maximum Gasteiger partial charge on any atom is 0.272 e. The van der Waals surface area contributed by atoms with Gasteiger partial charge < -0.3 is 5.32 Å². The molecule has 3 rings (SSSR count). The van der Waals surface area contributed by atoms with Gasteiger partial charge in [-0.25, -0.2) is 4.39 Å². The Balaban J connectivity index is 1.79. The van der Waals surface area contributed by atoms with Crippen molar-refractivity contribution in [1.82, 2.24) is 15.1 Å². The third-order valence-corrected chi connectivity index (χ3v) is 4.70. The van der Waals surface area contributed by atoms with Gasteiger partial charge in [-0.2, -0.15) is 5.10 Å². The number of amides is 1. The maximum atomic E-state index is 13.3. The molecule has 0 radical (unpaired) electrons. The quantitative estimate of drug-likeness (QED) is 0.683. The predicted molar refractivity (Wildman–Crippen MR) is 110 cm³/mol. The van der Waals surface area contributed by atoms with Gasteiger partial charge in [0.05, 0.1) is 5.69 Å². The van der Waals surface area contributed by atoms with E-state index < -0.39 is 0 Å². The number of benzene rings is 2. The molecule has 146 valence electrons. The lowest BCUT2D eigenvalue weighted by molar-refractivity contribution is 0.0945. The molecule has 2 aromatic carbocycles. The van der Waals surface area contributed by atoms with Crippen LogP contribution >= 0.6 is 0 Å². The molecule has 1 N–H and O–H groups in total. The Morgan fingerprint density at radius 1 is 1.11 bits per heavy atom. The summed E-state index contributed by atoms with van der Waals surface area (Å²) in [4.78, 5) is 12.5. The first-order valence-corrected chi connectivity index (χ1v) is 9.49. The molecular weight excluding hydrogens is 353 g/mol. The molecule has 0 fully saturated rings. The van der Waals surface area contributed by atoms with Crippen LogP contribution in [0.3, 0.4) is 0 Å². The van der Waals surface area contributed by atoms with Gasteiger partial charge in [-0.05, 0) is 47.2 Å². The molecule has 0 saturated carbocycles. The second-order valence-electron chi connectivity index (χ2n) is 7.87. The molecule has 0 aliphatic heterocycles. The summed E-state index contributed by atoms with van der Waals surface area (Å²) in [6.45, 7) is 9.45. The summed E-state index contributed by atoms with van der Waals surface area (Å²) in [6, 6.07) is 16.4. The van der Waals surface area contributed by atoms with Gasteiger partial charge in [0.1, 0.15) is 5.82 Å². The van der Waals surface area contributed by atoms with E-state index in [2.05, 4.69) is 55.5 Å². The standard InChI is InChI=1S/C23H26FN3O/c1-5-27-21(17-9-11-18(12-10-17)23(2,3)4)14-20(26-27)22(28)25-15-16-7-6-8-19(24)13-16/h6-14H,5,15H2,1-4H3,(H,25,28). The fraction of sp³-hybridized carbons (Fsp3) is 0.304. The van der Waals surface area contributed by atoms with E-state index in [4.69, 9.17) is 0 Å². The SMILES string of the molecule is CCn1nc(C(=O)NCc2cccc(F)c2)cc1-c1ccc(C(C)(C)C)cc1. The fourth-order valence-corrected chi connectivity index (χ4v) is 3.06. The predicted octanol–water partition coefficient (Wildman–Crippen LogP) is 4.94. The van der Waals surface area contributed by atoms with Crippen molar-refractivity contribution in [2.75, 3.05) is 0 Å². The summed E-state index contributed by atoms with van der Waals surface area (Å²) in [5.41, 5.74) is 4.33. The highest BCUT2D eigenvalue weighted by Crippen LogP contribution is 2.26. The van der Waals surface area contributed by atoms with E-state index in [0.717, 1.165) is 11.3 Å². The van der Waals surface area contributed by atoms with Gasteiger partial charge in [-0.15, -0.1) is 0 Å². The number of carbonyl (C=O) groups is 1. The monoisotopic (exact) mass is 379 g/mol. The van der Waals surface area contributed by atoms with E-state index in [1.54, 1.807) is 18.2 Å². The van der Waals surface area contributed by atoms with E-state index in [-0.39, 0.29) is 23.7 Å². The first kappa shape index (κ1) is 19.8. The average Bonchev–Trinajstić information content (AvgIpc) is 3.10. The van der Waals surface area contributed by atoms with Crippen molar-refractivity contribution in [1.29, 1.82) is 0 Å². The Morgan fingerprint density at radius 3 is 2.43 bits per heavy atom. The van der Waals surface area contributed by atoms with Gasteiger partial charge in [0.2, 0.25) is 0 Å². The summed E-state index contributed by atoms with van der Waals surface area (Å²) in [5, 5.41) is 7.24. The molecule has 0 atom stereocenters. The maximum absolute atomic E-state index is 13.3. The number of halogens is 1. The molecule has 4 nitrogen and oxygen atoms in total. The number of aromatic nitrogens is 2. The van der Waals surface area contributed by atoms with Crippen LogP contribution in [0.1, 0.15) is 49.3 Å². The number of rotatable bonds is 5. The van der Waals surface area contributed by atoms with Crippen molar-refractivity contribution in [3.05, 3.63) is 77.2 Å². The molecule has 3 aromatic rings. The number of nitrogens with one attached hydrogen (secondary N) is 1. The Labute approximate surface area is 165 Å². The molecule has 1 heterocycles. The minimum atomic E-state index is -0.317. The van der Waals surface area contributed by atoms with Gasteiger partial charge in [0.15, 0.2) is 5.69 Å². The number of carbonyl (C=O) groups excluding carboxylic acids is 1. The summed E-state index contributed by atoms with van der Waals surface area (Å²) >= 11 is 0. The molecule has 1 aromatic heterocycles. The topological polar surface area (TPSA) is 46.9 Å². The van der Waals surface area contributed by atoms with Crippen LogP contribution in [0.4, 0.5) is 4.39 Å². The second-order valence-corrected chi connectivity index (χ2v) is 7.87. The minimum absolute atomic E-state index is 0.0888. The first-order valence-electron chi connectivity index (χ1n) is 9.49. The summed E-state index contributed by atoms with van der Waals surface area (Å²) in [7, 11) is 0. The van der Waals surface area contributed by atoms with Crippen molar-refractivity contribution in [3.63, 3.8) is 0 Å². The van der Waals surface area contributed by atoms with Crippen LogP contribution in [0.2, 0.25) is 0 Å². The largest absolute Gasteiger partial charge is 0.347 e. The lowest BCUT2D eigenvalue weighted by atomic mass is 9.86. The molecule has 0 aliphatic carbocycles. The highest BCUT2D eigenvalue weighted by Gasteiger charge is 2.17. The zero-order valence-electron chi connectivity index (χ0n) is 16.8. The molecular formula is C23H26FN3O. The van der Waals surface area contributed by atoms with Crippen LogP contribution in [0, 0.1) is 5.82 Å². The van der Waals surface area contributed by atoms with Crippen molar-refractivity contribution >= 4 is 5.91 Å². The molecule has 0 unspecified atom stereocenters. The Morgan fingerprint density at radius 2 is 1.82 bits per heavy atom. The van der Waals surface area contributed by atoms with E-state index in [1.807, 2.05) is 11.6 Å². The molecule has 28 heavy (non-hydrogen) atoms. The van der Waals surface area contributed by atoms with Crippen LogP contribution in [-0.2, 0) is 18.5 Å².